The fourth-order valence-corrected chi connectivity index (χ4v) is 3.15. The first-order valence-electron chi connectivity index (χ1n) is 7.13. The van der Waals surface area contributed by atoms with Crippen LogP contribution in [0, 0.1) is 5.82 Å². The molecule has 0 aliphatic carbocycles. The summed E-state index contributed by atoms with van der Waals surface area (Å²) in [5.74, 6) is -1.06. The molecule has 0 saturated heterocycles. The van der Waals surface area contributed by atoms with Crippen molar-refractivity contribution < 1.29 is 22.3 Å². The smallest absolute Gasteiger partial charge is 0.407 e. The van der Waals surface area contributed by atoms with E-state index in [-0.39, 0.29) is 30.2 Å². The van der Waals surface area contributed by atoms with Crippen LogP contribution in [0.25, 0.3) is 0 Å². The quantitative estimate of drug-likeness (QED) is 0.517. The summed E-state index contributed by atoms with van der Waals surface area (Å²) < 4.78 is 45.2. The van der Waals surface area contributed by atoms with E-state index in [1.165, 1.54) is 0 Å². The van der Waals surface area contributed by atoms with Gasteiger partial charge in [0.25, 0.3) is 0 Å². The van der Waals surface area contributed by atoms with E-state index in [1.807, 2.05) is 0 Å². The lowest BCUT2D eigenvalue weighted by molar-refractivity contribution is 0.0527. The van der Waals surface area contributed by atoms with Gasteiger partial charge in [-0.15, -0.1) is 0 Å². The second kappa shape index (κ2) is 8.00. The predicted octanol–water partition coefficient (Wildman–Crippen LogP) is 2.25. The third-order valence-electron chi connectivity index (χ3n) is 2.64. The number of alkyl carbamates (subject to hydrolysis) is 1. The van der Waals surface area contributed by atoms with Gasteiger partial charge >= 0.3 is 6.09 Å². The molecule has 0 radical (unpaired) electrons. The number of nitrogens with two attached hydrogens (primary N) is 1. The van der Waals surface area contributed by atoms with Gasteiger partial charge in [-0.25, -0.2) is 22.3 Å². The largest absolute Gasteiger partial charge is 0.444 e. The van der Waals surface area contributed by atoms with Crippen molar-refractivity contribution >= 4 is 33.4 Å². The fraction of sp³-hybridized carbons (Fsp3) is 0.500. The number of ether oxygens (including phenoxy) is 1. The molecular formula is C14H21ClFN3O4S. The molecule has 24 heavy (non-hydrogen) atoms. The van der Waals surface area contributed by atoms with Crippen LogP contribution in [0.4, 0.5) is 14.9 Å². The third kappa shape index (κ3) is 6.50. The van der Waals surface area contributed by atoms with Crippen LogP contribution in [0.1, 0.15) is 27.2 Å². The normalized spacial score (nSPS) is 12.0. The molecule has 1 aromatic carbocycles. The first kappa shape index (κ1) is 20.5. The number of hydrogen-bond donors (Lipinski definition) is 3. The van der Waals surface area contributed by atoms with Crippen LogP contribution in [0.5, 0.6) is 0 Å². The summed E-state index contributed by atoms with van der Waals surface area (Å²) in [7, 11) is -4.10. The lowest BCUT2D eigenvalue weighted by atomic mass is 10.2. The highest BCUT2D eigenvalue weighted by molar-refractivity contribution is 7.89. The molecule has 0 aliphatic heterocycles. The van der Waals surface area contributed by atoms with Crippen molar-refractivity contribution in [2.45, 2.75) is 37.7 Å². The van der Waals surface area contributed by atoms with Crippen LogP contribution >= 0.6 is 11.6 Å². The lowest BCUT2D eigenvalue weighted by Gasteiger charge is -2.19. The molecule has 10 heteroatoms. The summed E-state index contributed by atoms with van der Waals surface area (Å²) in [5.41, 5.74) is 4.40. The lowest BCUT2D eigenvalue weighted by Crippen LogP contribution is -2.34. The monoisotopic (exact) mass is 381 g/mol. The Morgan fingerprint density at radius 1 is 1.33 bits per heavy atom. The number of carbonyl (C=O) groups is 1. The number of carbonyl (C=O) groups excluding carboxylic acids is 1. The molecule has 0 saturated carbocycles. The van der Waals surface area contributed by atoms with E-state index in [0.717, 1.165) is 12.1 Å². The zero-order valence-corrected chi connectivity index (χ0v) is 15.2. The van der Waals surface area contributed by atoms with Crippen LogP contribution in [-0.4, -0.2) is 33.2 Å². The van der Waals surface area contributed by atoms with Crippen molar-refractivity contribution in [3.8, 4) is 0 Å². The van der Waals surface area contributed by atoms with E-state index < -0.39 is 32.4 Å². The van der Waals surface area contributed by atoms with Crippen molar-refractivity contribution in [3.05, 3.63) is 23.0 Å². The van der Waals surface area contributed by atoms with Crippen LogP contribution in [-0.2, 0) is 14.8 Å². The minimum Gasteiger partial charge on any atom is -0.444 e. The molecule has 0 fully saturated rings. The summed E-state index contributed by atoms with van der Waals surface area (Å²) in [4.78, 5) is 10.8. The Labute approximate surface area is 145 Å². The van der Waals surface area contributed by atoms with Gasteiger partial charge in [0.2, 0.25) is 10.0 Å². The Morgan fingerprint density at radius 2 is 1.96 bits per heavy atom. The van der Waals surface area contributed by atoms with Crippen LogP contribution < -0.4 is 15.8 Å². The number of benzene rings is 1. The van der Waals surface area contributed by atoms with Crippen molar-refractivity contribution in [2.75, 3.05) is 18.8 Å². The molecule has 0 aromatic heterocycles. The molecule has 0 heterocycles. The zero-order valence-electron chi connectivity index (χ0n) is 13.7. The van der Waals surface area contributed by atoms with Gasteiger partial charge in [0.1, 0.15) is 10.5 Å². The van der Waals surface area contributed by atoms with Gasteiger partial charge in [-0.3, -0.25) is 0 Å². The van der Waals surface area contributed by atoms with E-state index in [4.69, 9.17) is 22.1 Å². The fourth-order valence-electron chi connectivity index (χ4n) is 1.66. The van der Waals surface area contributed by atoms with Gasteiger partial charge in [0, 0.05) is 18.1 Å². The Bertz CT molecular complexity index is 705. The van der Waals surface area contributed by atoms with Gasteiger partial charge in [0.05, 0.1) is 5.69 Å². The number of nitrogen functional groups attached to an aromatic ring is 1. The average Bonchev–Trinajstić information content (AvgIpc) is 2.40. The molecule has 4 N–H and O–H groups in total. The molecule has 0 aliphatic rings. The topological polar surface area (TPSA) is 111 Å². The van der Waals surface area contributed by atoms with Crippen molar-refractivity contribution in [1.82, 2.24) is 10.0 Å². The minimum absolute atomic E-state index is 0.00993. The Kier molecular flexibility index (Phi) is 6.82. The number of amides is 1. The highest BCUT2D eigenvalue weighted by Crippen LogP contribution is 2.25. The average molecular weight is 382 g/mol. The number of rotatable bonds is 6. The van der Waals surface area contributed by atoms with E-state index in [9.17, 15) is 17.6 Å². The third-order valence-corrected chi connectivity index (χ3v) is 4.31. The van der Waals surface area contributed by atoms with E-state index >= 15 is 0 Å². The SMILES string of the molecule is CC(C)(C)OC(=O)NCCCNS(=O)(=O)c1cc(Cl)cc(N)c1F. The summed E-state index contributed by atoms with van der Waals surface area (Å²) in [6.07, 6.45) is -0.310. The van der Waals surface area contributed by atoms with Gasteiger partial charge in [-0.05, 0) is 39.3 Å². The second-order valence-electron chi connectivity index (χ2n) is 5.99. The molecule has 0 unspecified atom stereocenters. The maximum absolute atomic E-state index is 13.8. The molecule has 0 spiro atoms. The Balaban J connectivity index is 2.52. The number of nitrogens with one attached hydrogen (secondary N) is 2. The zero-order chi connectivity index (χ0) is 18.5. The molecule has 1 rings (SSSR count). The van der Waals surface area contributed by atoms with Crippen molar-refractivity contribution in [1.29, 1.82) is 0 Å². The summed E-state index contributed by atoms with van der Waals surface area (Å²) in [6, 6.07) is 2.11. The number of anilines is 1. The number of halogens is 2. The molecule has 0 atom stereocenters. The Morgan fingerprint density at radius 3 is 2.54 bits per heavy atom. The molecule has 1 aromatic rings. The second-order valence-corrected chi connectivity index (χ2v) is 8.16. The van der Waals surface area contributed by atoms with Crippen molar-refractivity contribution in [3.63, 3.8) is 0 Å². The summed E-state index contributed by atoms with van der Waals surface area (Å²) >= 11 is 5.70. The molecule has 7 nitrogen and oxygen atoms in total. The first-order chi connectivity index (χ1) is 10.9. The maximum Gasteiger partial charge on any atom is 0.407 e. The first-order valence-corrected chi connectivity index (χ1v) is 8.99. The predicted molar refractivity (Wildman–Crippen MR) is 89.9 cm³/mol. The minimum atomic E-state index is -4.10. The van der Waals surface area contributed by atoms with E-state index in [2.05, 4.69) is 10.0 Å². The summed E-state index contributed by atoms with van der Waals surface area (Å²) in [6.45, 7) is 5.37. The summed E-state index contributed by atoms with van der Waals surface area (Å²) in [5, 5.41) is 2.50. The van der Waals surface area contributed by atoms with Crippen LogP contribution in [0.15, 0.2) is 17.0 Å². The maximum atomic E-state index is 13.8. The van der Waals surface area contributed by atoms with E-state index in [1.54, 1.807) is 20.8 Å². The van der Waals surface area contributed by atoms with E-state index in [0.29, 0.717) is 0 Å². The van der Waals surface area contributed by atoms with Gasteiger partial charge < -0.3 is 15.8 Å². The Hall–Kier alpha value is -1.58. The number of sulfonamides is 1. The molecular weight excluding hydrogens is 361 g/mol. The van der Waals surface area contributed by atoms with Gasteiger partial charge in [0.15, 0.2) is 5.82 Å². The standard InChI is InChI=1S/C14H21ClFN3O4S/c1-14(2,3)23-13(20)18-5-4-6-19-24(21,22)11-8-9(15)7-10(17)12(11)16/h7-8,19H,4-6,17H2,1-3H3,(H,18,20). The van der Waals surface area contributed by atoms with Crippen LogP contribution in [0.3, 0.4) is 0 Å². The molecule has 136 valence electrons. The highest BCUT2D eigenvalue weighted by atomic mass is 35.5. The van der Waals surface area contributed by atoms with Gasteiger partial charge in [-0.1, -0.05) is 11.6 Å². The number of hydrogen-bond acceptors (Lipinski definition) is 5. The van der Waals surface area contributed by atoms with Crippen LogP contribution in [0.2, 0.25) is 5.02 Å². The molecule has 1 amide bonds. The van der Waals surface area contributed by atoms with Crippen molar-refractivity contribution in [2.24, 2.45) is 0 Å². The van der Waals surface area contributed by atoms with Gasteiger partial charge in [-0.2, -0.15) is 0 Å². The highest BCUT2D eigenvalue weighted by Gasteiger charge is 2.21. The molecule has 0 bridgehead atoms.